The second kappa shape index (κ2) is 10.5. The van der Waals surface area contributed by atoms with Crippen LogP contribution in [0.5, 0.6) is 17.2 Å². The van der Waals surface area contributed by atoms with Crippen LogP contribution < -0.4 is 24.8 Å². The summed E-state index contributed by atoms with van der Waals surface area (Å²) in [5.74, 6) is 0.706. The molecule has 8 heteroatoms. The zero-order chi connectivity index (χ0) is 22.2. The Hall–Kier alpha value is -3.52. The lowest BCUT2D eigenvalue weighted by molar-refractivity contribution is -0.120. The Labute approximate surface area is 185 Å². The molecule has 31 heavy (non-hydrogen) atoms. The lowest BCUT2D eigenvalue weighted by Gasteiger charge is -2.15. The molecule has 2 N–H and O–H groups in total. The number of benzene rings is 2. The van der Waals surface area contributed by atoms with Crippen molar-refractivity contribution in [2.45, 2.75) is 13.0 Å². The van der Waals surface area contributed by atoms with Crippen LogP contribution in [0.25, 0.3) is 0 Å². The van der Waals surface area contributed by atoms with E-state index >= 15 is 0 Å². The Morgan fingerprint density at radius 2 is 1.65 bits per heavy atom. The lowest BCUT2D eigenvalue weighted by atomic mass is 10.1. The molecule has 0 saturated carbocycles. The van der Waals surface area contributed by atoms with Gasteiger partial charge in [0, 0.05) is 10.6 Å². The fraction of sp³-hybridized carbons (Fsp3) is 0.217. The van der Waals surface area contributed by atoms with E-state index in [0.29, 0.717) is 35.0 Å². The third-order valence-corrected chi connectivity index (χ3v) is 5.44. The molecule has 1 heterocycles. The van der Waals surface area contributed by atoms with Gasteiger partial charge in [0.1, 0.15) is 0 Å². The fourth-order valence-corrected chi connectivity index (χ4v) is 3.68. The third kappa shape index (κ3) is 5.55. The number of hydrogen-bond acceptors (Lipinski definition) is 6. The van der Waals surface area contributed by atoms with Gasteiger partial charge in [0.15, 0.2) is 11.5 Å². The van der Waals surface area contributed by atoms with E-state index in [1.807, 2.05) is 29.6 Å². The summed E-state index contributed by atoms with van der Waals surface area (Å²) in [6, 6.07) is 14.3. The molecule has 0 bridgehead atoms. The van der Waals surface area contributed by atoms with Crippen molar-refractivity contribution in [2.24, 2.45) is 0 Å². The predicted octanol–water partition coefficient (Wildman–Crippen LogP) is 3.89. The van der Waals surface area contributed by atoms with Crippen LogP contribution in [0.15, 0.2) is 53.9 Å². The van der Waals surface area contributed by atoms with Crippen molar-refractivity contribution in [1.82, 2.24) is 5.32 Å². The van der Waals surface area contributed by atoms with E-state index in [2.05, 4.69) is 10.6 Å². The van der Waals surface area contributed by atoms with E-state index in [1.165, 1.54) is 21.3 Å². The van der Waals surface area contributed by atoms with E-state index in [9.17, 15) is 9.59 Å². The minimum Gasteiger partial charge on any atom is -0.493 e. The highest BCUT2D eigenvalue weighted by Crippen LogP contribution is 2.39. The van der Waals surface area contributed by atoms with Crippen molar-refractivity contribution in [1.29, 1.82) is 0 Å². The normalized spacial score (nSPS) is 10.3. The molecule has 162 valence electrons. The molecule has 7 nitrogen and oxygen atoms in total. The summed E-state index contributed by atoms with van der Waals surface area (Å²) in [7, 11) is 4.46. The average molecular weight is 441 g/mol. The summed E-state index contributed by atoms with van der Waals surface area (Å²) in [6.45, 7) is 0.526. The third-order valence-electron chi connectivity index (χ3n) is 4.57. The molecular formula is C23H24N2O5S. The van der Waals surface area contributed by atoms with Gasteiger partial charge in [0.05, 0.1) is 39.9 Å². The molecule has 3 aromatic rings. The molecular weight excluding hydrogens is 416 g/mol. The Morgan fingerprint density at radius 1 is 0.903 bits per heavy atom. The van der Waals surface area contributed by atoms with Gasteiger partial charge >= 0.3 is 0 Å². The first kappa shape index (κ1) is 22.2. The highest BCUT2D eigenvalue weighted by Gasteiger charge is 2.20. The van der Waals surface area contributed by atoms with Gasteiger partial charge in [-0.2, -0.15) is 0 Å². The summed E-state index contributed by atoms with van der Waals surface area (Å²) < 4.78 is 15.9. The van der Waals surface area contributed by atoms with Crippen LogP contribution in [-0.2, 0) is 17.8 Å². The van der Waals surface area contributed by atoms with Crippen molar-refractivity contribution >= 4 is 28.8 Å². The number of rotatable bonds is 9. The molecule has 1 aromatic heterocycles. The Kier molecular flexibility index (Phi) is 7.50. The van der Waals surface area contributed by atoms with Gasteiger partial charge in [-0.25, -0.2) is 0 Å². The van der Waals surface area contributed by atoms with Gasteiger partial charge in [-0.1, -0.05) is 18.2 Å². The number of hydrogen-bond donors (Lipinski definition) is 2. The number of ether oxygens (including phenoxy) is 3. The smallest absolute Gasteiger partial charge is 0.259 e. The molecule has 0 spiro atoms. The predicted molar refractivity (Wildman–Crippen MR) is 120 cm³/mol. The average Bonchev–Trinajstić information content (AvgIpc) is 3.31. The number of carbonyl (C=O) groups excluding carboxylic acids is 2. The van der Waals surface area contributed by atoms with Crippen molar-refractivity contribution < 1.29 is 23.8 Å². The summed E-state index contributed by atoms with van der Waals surface area (Å²) in [6.07, 6.45) is 0.267. The van der Waals surface area contributed by atoms with Crippen molar-refractivity contribution in [3.63, 3.8) is 0 Å². The van der Waals surface area contributed by atoms with Crippen LogP contribution in [0.2, 0.25) is 0 Å². The summed E-state index contributed by atoms with van der Waals surface area (Å²) in [5, 5.41) is 7.71. The minimum absolute atomic E-state index is 0.0553. The Morgan fingerprint density at radius 3 is 2.26 bits per heavy atom. The maximum atomic E-state index is 12.8. The minimum atomic E-state index is -0.348. The summed E-state index contributed by atoms with van der Waals surface area (Å²) in [5.41, 5.74) is 1.77. The molecule has 2 amide bonds. The molecule has 3 rings (SSSR count). The number of nitrogens with one attached hydrogen (secondary N) is 2. The molecule has 0 aliphatic heterocycles. The van der Waals surface area contributed by atoms with Crippen molar-refractivity contribution in [3.05, 3.63) is 69.9 Å². The molecule has 0 atom stereocenters. The van der Waals surface area contributed by atoms with Gasteiger partial charge < -0.3 is 24.8 Å². The topological polar surface area (TPSA) is 85.9 Å². The summed E-state index contributed by atoms with van der Waals surface area (Å²) in [4.78, 5) is 26.0. The first-order valence-corrected chi connectivity index (χ1v) is 10.4. The lowest BCUT2D eigenvalue weighted by Crippen LogP contribution is -2.24. The van der Waals surface area contributed by atoms with Gasteiger partial charge in [0.25, 0.3) is 5.91 Å². The highest BCUT2D eigenvalue weighted by atomic mass is 32.1. The van der Waals surface area contributed by atoms with Gasteiger partial charge in [-0.05, 0) is 41.3 Å². The van der Waals surface area contributed by atoms with Crippen LogP contribution in [-0.4, -0.2) is 33.1 Å². The van der Waals surface area contributed by atoms with E-state index in [4.69, 9.17) is 14.2 Å². The van der Waals surface area contributed by atoms with Gasteiger partial charge in [-0.15, -0.1) is 11.3 Å². The number of anilines is 1. The first-order chi connectivity index (χ1) is 15.0. The molecule has 0 radical (unpaired) electrons. The van der Waals surface area contributed by atoms with Crippen molar-refractivity contribution in [3.8, 4) is 17.2 Å². The molecule has 0 unspecified atom stereocenters. The van der Waals surface area contributed by atoms with Crippen LogP contribution in [0.1, 0.15) is 20.8 Å². The molecule has 0 aliphatic rings. The van der Waals surface area contributed by atoms with Gasteiger partial charge in [-0.3, -0.25) is 9.59 Å². The molecule has 0 aliphatic carbocycles. The maximum absolute atomic E-state index is 12.8. The zero-order valence-corrected chi connectivity index (χ0v) is 18.4. The number of amides is 2. The second-order valence-corrected chi connectivity index (χ2v) is 7.60. The van der Waals surface area contributed by atoms with E-state index in [0.717, 1.165) is 10.4 Å². The SMILES string of the molecule is COc1ccc(C(=O)Nc2ccc(CC(=O)NCc3cccs3)cc2)c(OC)c1OC. The standard InChI is InChI=1S/C23H24N2O5S/c1-28-19-11-10-18(21(29-2)22(19)30-3)23(27)25-16-8-6-15(7-9-16)13-20(26)24-14-17-5-4-12-31-17/h4-12H,13-14H2,1-3H3,(H,24,26)(H,25,27). The van der Waals surface area contributed by atoms with Crippen LogP contribution >= 0.6 is 11.3 Å². The van der Waals surface area contributed by atoms with E-state index < -0.39 is 0 Å². The monoisotopic (exact) mass is 440 g/mol. The largest absolute Gasteiger partial charge is 0.493 e. The van der Waals surface area contributed by atoms with Crippen LogP contribution in [0.3, 0.4) is 0 Å². The Balaban J connectivity index is 1.63. The van der Waals surface area contributed by atoms with Crippen molar-refractivity contribution in [2.75, 3.05) is 26.6 Å². The van der Waals surface area contributed by atoms with Crippen LogP contribution in [0, 0.1) is 0 Å². The quantitative estimate of drug-likeness (QED) is 0.527. The number of carbonyl (C=O) groups is 2. The van der Waals surface area contributed by atoms with E-state index in [1.54, 1.807) is 35.6 Å². The Bertz CT molecular complexity index is 1030. The van der Waals surface area contributed by atoms with Gasteiger partial charge in [0.2, 0.25) is 11.7 Å². The second-order valence-electron chi connectivity index (χ2n) is 6.57. The zero-order valence-electron chi connectivity index (χ0n) is 17.6. The molecule has 0 saturated heterocycles. The molecule has 0 fully saturated rings. The first-order valence-electron chi connectivity index (χ1n) is 9.54. The highest BCUT2D eigenvalue weighted by molar-refractivity contribution is 7.09. The maximum Gasteiger partial charge on any atom is 0.259 e. The number of methoxy groups -OCH3 is 3. The molecule has 2 aromatic carbocycles. The van der Waals surface area contributed by atoms with E-state index in [-0.39, 0.29) is 18.2 Å². The summed E-state index contributed by atoms with van der Waals surface area (Å²) >= 11 is 1.61. The van der Waals surface area contributed by atoms with Crippen LogP contribution in [0.4, 0.5) is 5.69 Å². The number of thiophene rings is 1. The fourth-order valence-electron chi connectivity index (χ4n) is 3.03.